The predicted octanol–water partition coefficient (Wildman–Crippen LogP) is 3.73. The first kappa shape index (κ1) is 13.6. The standard InChI is InChI=1S/C16H21N3S/c1-16(2,3)11-4-5-12-9(7-11)6-10-8-13(14(17)18)20-15(10)19-12/h6,8,11H,4-5,7H2,1-3H3,(H3,17,18). The molecule has 3 N–H and O–H groups in total. The molecule has 0 amide bonds. The van der Waals surface area contributed by atoms with Crippen LogP contribution in [0.2, 0.25) is 0 Å². The average molecular weight is 287 g/mol. The molecular weight excluding hydrogens is 266 g/mol. The number of hydrogen-bond acceptors (Lipinski definition) is 3. The Kier molecular flexibility index (Phi) is 3.09. The number of nitrogens with two attached hydrogens (primary N) is 1. The lowest BCUT2D eigenvalue weighted by atomic mass is 9.71. The summed E-state index contributed by atoms with van der Waals surface area (Å²) in [6.45, 7) is 6.98. The van der Waals surface area contributed by atoms with E-state index in [-0.39, 0.29) is 5.84 Å². The summed E-state index contributed by atoms with van der Waals surface area (Å²) in [5, 5.41) is 8.68. The van der Waals surface area contributed by atoms with Crippen molar-refractivity contribution in [3.05, 3.63) is 28.3 Å². The minimum absolute atomic E-state index is 0.138. The molecule has 1 aliphatic carbocycles. The molecule has 0 aromatic carbocycles. The molecule has 106 valence electrons. The summed E-state index contributed by atoms with van der Waals surface area (Å²) in [4.78, 5) is 6.64. The molecule has 1 atom stereocenters. The van der Waals surface area contributed by atoms with Gasteiger partial charge in [-0.25, -0.2) is 4.98 Å². The van der Waals surface area contributed by atoms with Crippen LogP contribution in [0.1, 0.15) is 43.3 Å². The molecule has 2 aromatic rings. The van der Waals surface area contributed by atoms with Gasteiger partial charge in [-0.15, -0.1) is 11.3 Å². The number of pyridine rings is 1. The highest BCUT2D eigenvalue weighted by molar-refractivity contribution is 7.20. The summed E-state index contributed by atoms with van der Waals surface area (Å²) in [5.74, 6) is 0.860. The van der Waals surface area contributed by atoms with Gasteiger partial charge in [0.1, 0.15) is 10.7 Å². The average Bonchev–Trinajstić information content (AvgIpc) is 2.77. The highest BCUT2D eigenvalue weighted by atomic mass is 32.1. The molecule has 4 heteroatoms. The van der Waals surface area contributed by atoms with E-state index in [4.69, 9.17) is 16.1 Å². The Hall–Kier alpha value is -1.42. The zero-order valence-electron chi connectivity index (χ0n) is 12.3. The number of nitrogens with zero attached hydrogens (tertiary/aromatic N) is 1. The van der Waals surface area contributed by atoms with E-state index in [9.17, 15) is 0 Å². The van der Waals surface area contributed by atoms with E-state index in [1.54, 1.807) is 0 Å². The topological polar surface area (TPSA) is 62.8 Å². The van der Waals surface area contributed by atoms with Crippen molar-refractivity contribution in [1.82, 2.24) is 4.98 Å². The van der Waals surface area contributed by atoms with Gasteiger partial charge in [0.05, 0.1) is 4.88 Å². The molecule has 0 aliphatic heterocycles. The maximum atomic E-state index is 7.55. The summed E-state index contributed by atoms with van der Waals surface area (Å²) < 4.78 is 0. The minimum atomic E-state index is 0.138. The smallest absolute Gasteiger partial charge is 0.133 e. The van der Waals surface area contributed by atoms with Gasteiger partial charge in [0.25, 0.3) is 0 Å². The van der Waals surface area contributed by atoms with Crippen molar-refractivity contribution in [1.29, 1.82) is 5.41 Å². The number of thiophene rings is 1. The normalized spacial score (nSPS) is 19.1. The molecule has 3 nitrogen and oxygen atoms in total. The second kappa shape index (κ2) is 4.55. The number of hydrogen-bond donors (Lipinski definition) is 2. The molecule has 0 fully saturated rings. The molecule has 2 aromatic heterocycles. The first-order chi connectivity index (χ1) is 9.34. The van der Waals surface area contributed by atoms with Gasteiger partial charge in [-0.1, -0.05) is 20.8 Å². The van der Waals surface area contributed by atoms with Crippen LogP contribution in [0.3, 0.4) is 0 Å². The highest BCUT2D eigenvalue weighted by Crippen LogP contribution is 2.38. The Morgan fingerprint density at radius 1 is 1.40 bits per heavy atom. The Labute approximate surface area is 123 Å². The quantitative estimate of drug-likeness (QED) is 0.620. The molecular formula is C16H21N3S. The van der Waals surface area contributed by atoms with Gasteiger partial charge in [0.15, 0.2) is 0 Å². The predicted molar refractivity (Wildman–Crippen MR) is 85.6 cm³/mol. The van der Waals surface area contributed by atoms with Crippen molar-refractivity contribution in [3.8, 4) is 0 Å². The van der Waals surface area contributed by atoms with E-state index >= 15 is 0 Å². The zero-order valence-corrected chi connectivity index (χ0v) is 13.1. The van der Waals surface area contributed by atoms with E-state index in [1.807, 2.05) is 6.07 Å². The molecule has 0 spiro atoms. The summed E-state index contributed by atoms with van der Waals surface area (Å²) in [6.07, 6.45) is 3.41. The van der Waals surface area contributed by atoms with Crippen molar-refractivity contribution >= 4 is 27.4 Å². The molecule has 3 rings (SSSR count). The van der Waals surface area contributed by atoms with Crippen LogP contribution < -0.4 is 5.73 Å². The van der Waals surface area contributed by atoms with Crippen molar-refractivity contribution in [2.75, 3.05) is 0 Å². The number of fused-ring (bicyclic) bond motifs is 2. The molecule has 0 bridgehead atoms. The van der Waals surface area contributed by atoms with Gasteiger partial charge in [0, 0.05) is 11.1 Å². The summed E-state index contributed by atoms with van der Waals surface area (Å²) in [5.41, 5.74) is 8.56. The van der Waals surface area contributed by atoms with Crippen LogP contribution in [-0.4, -0.2) is 10.8 Å². The maximum Gasteiger partial charge on any atom is 0.133 e. The molecule has 1 aliphatic rings. The Bertz CT molecular complexity index is 679. The van der Waals surface area contributed by atoms with Crippen molar-refractivity contribution in [3.63, 3.8) is 0 Å². The van der Waals surface area contributed by atoms with Gasteiger partial charge in [-0.3, -0.25) is 5.41 Å². The van der Waals surface area contributed by atoms with E-state index in [2.05, 4.69) is 26.8 Å². The molecule has 2 heterocycles. The molecule has 20 heavy (non-hydrogen) atoms. The van der Waals surface area contributed by atoms with Crippen LogP contribution in [0.4, 0.5) is 0 Å². The molecule has 0 radical (unpaired) electrons. The van der Waals surface area contributed by atoms with E-state index < -0.39 is 0 Å². The fraction of sp³-hybridized carbons (Fsp3) is 0.500. The third kappa shape index (κ3) is 2.33. The fourth-order valence-corrected chi connectivity index (χ4v) is 3.89. The van der Waals surface area contributed by atoms with Gasteiger partial charge in [-0.05, 0) is 48.3 Å². The second-order valence-electron chi connectivity index (χ2n) is 6.82. The minimum Gasteiger partial charge on any atom is -0.383 e. The van der Waals surface area contributed by atoms with Crippen molar-refractivity contribution in [2.24, 2.45) is 17.1 Å². The third-order valence-electron chi connectivity index (χ3n) is 4.36. The van der Waals surface area contributed by atoms with Gasteiger partial charge in [-0.2, -0.15) is 0 Å². The zero-order chi connectivity index (χ0) is 14.5. The summed E-state index contributed by atoms with van der Waals surface area (Å²) in [7, 11) is 0. The summed E-state index contributed by atoms with van der Waals surface area (Å²) >= 11 is 1.52. The molecule has 1 unspecified atom stereocenters. The highest BCUT2D eigenvalue weighted by Gasteiger charge is 2.29. The lowest BCUT2D eigenvalue weighted by Gasteiger charge is -2.34. The maximum absolute atomic E-state index is 7.55. The Balaban J connectivity index is 2.02. The summed E-state index contributed by atoms with van der Waals surface area (Å²) in [6, 6.07) is 4.26. The van der Waals surface area contributed by atoms with Gasteiger partial charge in [0.2, 0.25) is 0 Å². The van der Waals surface area contributed by atoms with Crippen LogP contribution in [0.25, 0.3) is 10.2 Å². The van der Waals surface area contributed by atoms with Crippen LogP contribution >= 0.6 is 11.3 Å². The fourth-order valence-electron chi connectivity index (χ4n) is 3.00. The van der Waals surface area contributed by atoms with Crippen LogP contribution in [0, 0.1) is 16.7 Å². The number of amidine groups is 1. The number of nitrogens with one attached hydrogen (secondary N) is 1. The number of aromatic nitrogens is 1. The Morgan fingerprint density at radius 3 is 2.80 bits per heavy atom. The third-order valence-corrected chi connectivity index (χ3v) is 5.44. The first-order valence-electron chi connectivity index (χ1n) is 7.11. The van der Waals surface area contributed by atoms with E-state index in [0.29, 0.717) is 5.41 Å². The van der Waals surface area contributed by atoms with Crippen LogP contribution in [0.15, 0.2) is 12.1 Å². The number of rotatable bonds is 1. The lowest BCUT2D eigenvalue weighted by Crippen LogP contribution is -2.27. The SMILES string of the molecule is CC(C)(C)C1CCc2nc3sc(C(=N)N)cc3cc2C1. The van der Waals surface area contributed by atoms with Crippen molar-refractivity contribution < 1.29 is 0 Å². The van der Waals surface area contributed by atoms with E-state index in [1.165, 1.54) is 29.0 Å². The second-order valence-corrected chi connectivity index (χ2v) is 7.85. The van der Waals surface area contributed by atoms with Crippen molar-refractivity contribution in [2.45, 2.75) is 40.0 Å². The largest absolute Gasteiger partial charge is 0.383 e. The van der Waals surface area contributed by atoms with Gasteiger partial charge >= 0.3 is 0 Å². The number of aryl methyl sites for hydroxylation is 1. The monoisotopic (exact) mass is 287 g/mol. The Morgan fingerprint density at radius 2 is 2.15 bits per heavy atom. The van der Waals surface area contributed by atoms with E-state index in [0.717, 1.165) is 33.9 Å². The van der Waals surface area contributed by atoms with Crippen LogP contribution in [0.5, 0.6) is 0 Å². The van der Waals surface area contributed by atoms with Crippen LogP contribution in [-0.2, 0) is 12.8 Å². The molecule has 0 saturated carbocycles. The first-order valence-corrected chi connectivity index (χ1v) is 7.93. The molecule has 0 saturated heterocycles. The van der Waals surface area contributed by atoms with Gasteiger partial charge < -0.3 is 5.73 Å². The number of nitrogen functional groups attached to an aromatic ring is 1. The lowest BCUT2D eigenvalue weighted by molar-refractivity contribution is 0.215.